The summed E-state index contributed by atoms with van der Waals surface area (Å²) in [5, 5.41) is 26.8. The fourth-order valence-electron chi connectivity index (χ4n) is 3.64. The van der Waals surface area contributed by atoms with Gasteiger partial charge in [-0.05, 0) is 55.2 Å². The van der Waals surface area contributed by atoms with Crippen LogP contribution >= 0.6 is 0 Å². The van der Waals surface area contributed by atoms with Crippen LogP contribution in [0.2, 0.25) is 0 Å². The summed E-state index contributed by atoms with van der Waals surface area (Å²) in [6.45, 7) is 6.59. The molecule has 8 N–H and O–H groups in total. The van der Waals surface area contributed by atoms with Gasteiger partial charge in [0.05, 0.1) is 4.90 Å². The third-order valence-electron chi connectivity index (χ3n) is 5.05. The van der Waals surface area contributed by atoms with E-state index in [9.17, 15) is 13.2 Å². The van der Waals surface area contributed by atoms with Gasteiger partial charge in [0.2, 0.25) is 10.0 Å². The number of amides is 1. The van der Waals surface area contributed by atoms with E-state index in [0.717, 1.165) is 17.7 Å². The fraction of sp³-hybridized carbons (Fsp3) is 0.231. The van der Waals surface area contributed by atoms with Gasteiger partial charge in [0, 0.05) is 28.5 Å². The predicted molar refractivity (Wildman–Crippen MR) is 145 cm³/mol. The van der Waals surface area contributed by atoms with Crippen LogP contribution < -0.4 is 21.5 Å². The first kappa shape index (κ1) is 28.3. The van der Waals surface area contributed by atoms with Crippen LogP contribution in [0, 0.1) is 11.3 Å². The summed E-state index contributed by atoms with van der Waals surface area (Å²) in [5.41, 5.74) is 8.74. The van der Waals surface area contributed by atoms with E-state index in [1.807, 2.05) is 24.3 Å². The monoisotopic (exact) mass is 511 g/mol. The number of benzene rings is 3. The second kappa shape index (κ2) is 12.7. The lowest BCUT2D eigenvalue weighted by Crippen LogP contribution is -2.18. The molecular weight excluding hydrogens is 478 g/mol. The molecular formula is C26H33N5O4S. The number of sulfonamides is 1. The smallest absolute Gasteiger partial charge is 0.409 e. The van der Waals surface area contributed by atoms with Crippen LogP contribution in [0.1, 0.15) is 32.8 Å². The lowest BCUT2D eigenvalue weighted by atomic mass is 10.0. The van der Waals surface area contributed by atoms with Crippen LogP contribution in [-0.4, -0.2) is 31.5 Å². The number of carbonyl (C=O) groups is 1. The maximum Gasteiger partial charge on any atom is 0.409 e. The van der Waals surface area contributed by atoms with E-state index in [1.54, 1.807) is 42.5 Å². The summed E-state index contributed by atoms with van der Waals surface area (Å²) < 4.78 is 23.1. The van der Waals surface area contributed by atoms with Crippen molar-refractivity contribution in [1.29, 1.82) is 5.41 Å². The Morgan fingerprint density at radius 1 is 0.972 bits per heavy atom. The molecule has 3 rings (SSSR count). The Hall–Kier alpha value is -3.89. The SMILES string of the molecule is CC(C)C[C@H](C)Nc1cccc(C(=N)N)c1.NS(=O)(=O)c1ccccc1-c1ccc(NC(=O)O)cc1. The normalized spacial score (nSPS) is 11.7. The van der Waals surface area contributed by atoms with Crippen LogP contribution in [0.5, 0.6) is 0 Å². The number of rotatable bonds is 8. The highest BCUT2D eigenvalue weighted by molar-refractivity contribution is 7.89. The van der Waals surface area contributed by atoms with Crippen LogP contribution in [0.4, 0.5) is 16.2 Å². The standard InChI is InChI=1S/C13H21N3.C13H12N2O4S/c1-9(2)7-10(3)16-12-6-4-5-11(8-12)13(14)15;14-20(18,19)12-4-2-1-3-11(12)9-5-7-10(8-6-9)15-13(16)17/h4-6,8-10,16H,7H2,1-3H3,(H3,14,15);1-8,15H,(H,16,17)(H2,14,18,19)/t10-;/m0./s1. The molecule has 0 saturated heterocycles. The highest BCUT2D eigenvalue weighted by Gasteiger charge is 2.14. The molecule has 1 atom stereocenters. The topological polar surface area (TPSA) is 171 Å². The number of carboxylic acid groups (broad SMARTS) is 1. The Morgan fingerprint density at radius 2 is 1.61 bits per heavy atom. The molecule has 0 radical (unpaired) electrons. The third-order valence-corrected chi connectivity index (χ3v) is 6.02. The number of nitrogens with one attached hydrogen (secondary N) is 3. The van der Waals surface area contributed by atoms with Gasteiger partial charge in [-0.25, -0.2) is 18.4 Å². The molecule has 0 aromatic heterocycles. The van der Waals surface area contributed by atoms with Gasteiger partial charge in [-0.2, -0.15) is 0 Å². The van der Waals surface area contributed by atoms with Crippen molar-refractivity contribution in [2.24, 2.45) is 16.8 Å². The zero-order chi connectivity index (χ0) is 26.9. The molecule has 192 valence electrons. The number of amidine groups is 1. The lowest BCUT2D eigenvalue weighted by molar-refractivity contribution is 0.209. The summed E-state index contributed by atoms with van der Waals surface area (Å²) in [6.07, 6.45) is -0.0349. The maximum atomic E-state index is 11.5. The molecule has 9 nitrogen and oxygen atoms in total. The predicted octanol–water partition coefficient (Wildman–Crippen LogP) is 4.91. The summed E-state index contributed by atoms with van der Waals surface area (Å²) >= 11 is 0. The molecule has 0 bridgehead atoms. The molecule has 0 aliphatic carbocycles. The number of primary sulfonamides is 1. The molecule has 0 aliphatic heterocycles. The lowest BCUT2D eigenvalue weighted by Gasteiger charge is -2.17. The third kappa shape index (κ3) is 9.05. The Kier molecular flexibility index (Phi) is 10.0. The first-order valence-electron chi connectivity index (χ1n) is 11.3. The Balaban J connectivity index is 0.000000261. The largest absolute Gasteiger partial charge is 0.465 e. The van der Waals surface area contributed by atoms with E-state index in [4.69, 9.17) is 21.4 Å². The number of nitrogens with two attached hydrogens (primary N) is 2. The van der Waals surface area contributed by atoms with E-state index < -0.39 is 16.1 Å². The molecule has 3 aromatic rings. The van der Waals surface area contributed by atoms with Gasteiger partial charge in [-0.1, -0.05) is 56.3 Å². The van der Waals surface area contributed by atoms with Crippen LogP contribution in [0.15, 0.2) is 77.7 Å². The van der Waals surface area contributed by atoms with E-state index >= 15 is 0 Å². The van der Waals surface area contributed by atoms with Crippen molar-refractivity contribution in [3.63, 3.8) is 0 Å². The average molecular weight is 512 g/mol. The van der Waals surface area contributed by atoms with Crippen LogP contribution in [-0.2, 0) is 10.0 Å². The van der Waals surface area contributed by atoms with Crippen molar-refractivity contribution in [1.82, 2.24) is 0 Å². The zero-order valence-corrected chi connectivity index (χ0v) is 21.3. The second-order valence-corrected chi connectivity index (χ2v) is 10.2. The molecule has 0 fully saturated rings. The first-order valence-corrected chi connectivity index (χ1v) is 12.8. The molecule has 36 heavy (non-hydrogen) atoms. The van der Waals surface area contributed by atoms with Crippen molar-refractivity contribution >= 4 is 33.3 Å². The van der Waals surface area contributed by atoms with Gasteiger partial charge in [0.15, 0.2) is 0 Å². The average Bonchev–Trinajstić information content (AvgIpc) is 2.78. The van der Waals surface area contributed by atoms with Gasteiger partial charge in [-0.15, -0.1) is 0 Å². The Bertz CT molecular complexity index is 1290. The molecule has 0 saturated carbocycles. The number of nitrogen functional groups attached to an aromatic ring is 1. The highest BCUT2D eigenvalue weighted by atomic mass is 32.2. The summed E-state index contributed by atoms with van der Waals surface area (Å²) in [4.78, 5) is 10.5. The molecule has 1 amide bonds. The van der Waals surface area contributed by atoms with E-state index in [0.29, 0.717) is 28.8 Å². The van der Waals surface area contributed by atoms with Crippen molar-refractivity contribution in [3.05, 3.63) is 78.4 Å². The van der Waals surface area contributed by atoms with Gasteiger partial charge < -0.3 is 16.2 Å². The zero-order valence-electron chi connectivity index (χ0n) is 20.5. The molecule has 3 aromatic carbocycles. The Labute approximate surface area is 212 Å². The van der Waals surface area contributed by atoms with Crippen LogP contribution in [0.3, 0.4) is 0 Å². The molecule has 0 spiro atoms. The molecule has 0 unspecified atom stereocenters. The van der Waals surface area contributed by atoms with Crippen molar-refractivity contribution in [2.45, 2.75) is 38.1 Å². The highest BCUT2D eigenvalue weighted by Crippen LogP contribution is 2.27. The summed E-state index contributed by atoms with van der Waals surface area (Å²) in [6, 6.07) is 20.8. The minimum atomic E-state index is -3.82. The second-order valence-electron chi connectivity index (χ2n) is 8.72. The quantitative estimate of drug-likeness (QED) is 0.185. The summed E-state index contributed by atoms with van der Waals surface area (Å²) in [5.74, 6) is 0.790. The Morgan fingerprint density at radius 3 is 2.17 bits per heavy atom. The first-order chi connectivity index (χ1) is 16.9. The molecule has 10 heteroatoms. The van der Waals surface area contributed by atoms with Gasteiger partial charge in [0.25, 0.3) is 0 Å². The number of anilines is 2. The van der Waals surface area contributed by atoms with E-state index in [1.165, 1.54) is 6.07 Å². The minimum absolute atomic E-state index is 0.0268. The van der Waals surface area contributed by atoms with Crippen molar-refractivity contribution in [3.8, 4) is 11.1 Å². The van der Waals surface area contributed by atoms with Crippen molar-refractivity contribution in [2.75, 3.05) is 10.6 Å². The van der Waals surface area contributed by atoms with Gasteiger partial charge in [-0.3, -0.25) is 10.7 Å². The molecule has 0 aliphatic rings. The van der Waals surface area contributed by atoms with Crippen molar-refractivity contribution < 1.29 is 18.3 Å². The van der Waals surface area contributed by atoms with E-state index in [2.05, 4.69) is 31.4 Å². The summed E-state index contributed by atoms with van der Waals surface area (Å²) in [7, 11) is -3.82. The number of hydrogen-bond donors (Lipinski definition) is 6. The van der Waals surface area contributed by atoms with Gasteiger partial charge in [0.1, 0.15) is 5.84 Å². The molecule has 0 heterocycles. The van der Waals surface area contributed by atoms with E-state index in [-0.39, 0.29) is 10.7 Å². The number of hydrogen-bond acceptors (Lipinski definition) is 5. The van der Waals surface area contributed by atoms with Gasteiger partial charge >= 0.3 is 6.09 Å². The fourth-order valence-corrected chi connectivity index (χ4v) is 4.40. The minimum Gasteiger partial charge on any atom is -0.465 e. The van der Waals surface area contributed by atoms with Crippen LogP contribution in [0.25, 0.3) is 11.1 Å². The maximum absolute atomic E-state index is 11.5.